The Bertz CT molecular complexity index is 437. The zero-order chi connectivity index (χ0) is 9.42. The Balaban J connectivity index is 2.77. The molecule has 0 bridgehead atoms. The van der Waals surface area contributed by atoms with E-state index in [1.165, 1.54) is 11.3 Å². The Morgan fingerprint density at radius 1 is 1.38 bits per heavy atom. The smallest absolute Gasteiger partial charge is 0.160 e. The Morgan fingerprint density at radius 2 is 2.15 bits per heavy atom. The van der Waals surface area contributed by atoms with Crippen LogP contribution in [0.4, 0.5) is 5.69 Å². The lowest BCUT2D eigenvalue weighted by atomic mass is 10.2. The van der Waals surface area contributed by atoms with Gasteiger partial charge >= 0.3 is 0 Å². The molecule has 1 aromatic heterocycles. The zero-order valence-corrected chi connectivity index (χ0v) is 8.36. The Morgan fingerprint density at radius 3 is 2.85 bits per heavy atom. The van der Waals surface area contributed by atoms with Crippen molar-refractivity contribution in [3.63, 3.8) is 0 Å². The van der Waals surface area contributed by atoms with Gasteiger partial charge in [-0.25, -0.2) is 0 Å². The molecular weight excluding hydrogens is 202 g/mol. The number of aldehydes is 1. The Kier molecular flexibility index (Phi) is 2.01. The number of hydrogen-bond donors (Lipinski definition) is 2. The summed E-state index contributed by atoms with van der Waals surface area (Å²) in [5.41, 5.74) is 6.32. The van der Waals surface area contributed by atoms with E-state index in [1.807, 2.05) is 18.2 Å². The number of carbonyl (C=O) groups excluding carboxylic acids is 1. The summed E-state index contributed by atoms with van der Waals surface area (Å²) >= 11 is 5.65. The van der Waals surface area contributed by atoms with Gasteiger partial charge in [0, 0.05) is 15.3 Å². The summed E-state index contributed by atoms with van der Waals surface area (Å²) in [6, 6.07) is 5.54. The lowest BCUT2D eigenvalue weighted by molar-refractivity contribution is 0.112. The van der Waals surface area contributed by atoms with Crippen molar-refractivity contribution in [1.82, 2.24) is 0 Å². The number of nitrogen functional groups attached to an aromatic ring is 1. The molecule has 0 amide bonds. The van der Waals surface area contributed by atoms with Crippen LogP contribution in [0.1, 0.15) is 9.67 Å². The monoisotopic (exact) mass is 209 g/mol. The molecule has 0 aliphatic carbocycles. The molecule has 2 rings (SSSR count). The van der Waals surface area contributed by atoms with E-state index in [0.29, 0.717) is 10.6 Å². The highest BCUT2D eigenvalue weighted by molar-refractivity contribution is 7.80. The number of thiol groups is 1. The molecule has 0 radical (unpaired) electrons. The van der Waals surface area contributed by atoms with Gasteiger partial charge in [0.15, 0.2) is 6.29 Å². The average molecular weight is 209 g/mol. The first-order valence-corrected chi connectivity index (χ1v) is 4.94. The van der Waals surface area contributed by atoms with Crippen molar-refractivity contribution >= 4 is 46.0 Å². The zero-order valence-electron chi connectivity index (χ0n) is 6.65. The van der Waals surface area contributed by atoms with E-state index in [4.69, 9.17) is 5.73 Å². The predicted octanol–water partition coefficient (Wildman–Crippen LogP) is 2.58. The number of fused-ring (bicyclic) bond motifs is 1. The first-order chi connectivity index (χ1) is 6.20. The van der Waals surface area contributed by atoms with E-state index < -0.39 is 0 Å². The SMILES string of the molecule is Nc1cc2cc(C=O)sc2cc1S. The highest BCUT2D eigenvalue weighted by Gasteiger charge is 2.03. The molecule has 1 heterocycles. The first-order valence-electron chi connectivity index (χ1n) is 3.68. The molecule has 2 nitrogen and oxygen atoms in total. The fourth-order valence-electron chi connectivity index (χ4n) is 1.17. The van der Waals surface area contributed by atoms with Gasteiger partial charge in [-0.1, -0.05) is 0 Å². The van der Waals surface area contributed by atoms with Crippen LogP contribution in [0, 0.1) is 0 Å². The lowest BCUT2D eigenvalue weighted by Gasteiger charge is -1.97. The van der Waals surface area contributed by atoms with Crippen molar-refractivity contribution in [3.8, 4) is 0 Å². The van der Waals surface area contributed by atoms with Crippen molar-refractivity contribution in [2.45, 2.75) is 4.90 Å². The minimum atomic E-state index is 0.645. The fraction of sp³-hybridized carbons (Fsp3) is 0. The molecule has 2 aromatic rings. The first kappa shape index (κ1) is 8.59. The van der Waals surface area contributed by atoms with E-state index in [1.54, 1.807) is 0 Å². The summed E-state index contributed by atoms with van der Waals surface area (Å²) in [4.78, 5) is 12.0. The van der Waals surface area contributed by atoms with Gasteiger partial charge in [-0.3, -0.25) is 4.79 Å². The summed E-state index contributed by atoms with van der Waals surface area (Å²) in [5.74, 6) is 0. The number of benzene rings is 1. The topological polar surface area (TPSA) is 43.1 Å². The quantitative estimate of drug-likeness (QED) is 0.430. The highest BCUT2D eigenvalue weighted by atomic mass is 32.1. The molecule has 0 spiro atoms. The summed E-state index contributed by atoms with van der Waals surface area (Å²) in [6.45, 7) is 0. The minimum absolute atomic E-state index is 0.645. The van der Waals surface area contributed by atoms with Crippen LogP contribution >= 0.6 is 24.0 Å². The number of thiophene rings is 1. The molecule has 0 aliphatic rings. The van der Waals surface area contributed by atoms with Crippen LogP contribution < -0.4 is 5.73 Å². The number of carbonyl (C=O) groups is 1. The molecule has 0 saturated carbocycles. The minimum Gasteiger partial charge on any atom is -0.398 e. The summed E-state index contributed by atoms with van der Waals surface area (Å²) in [7, 11) is 0. The second kappa shape index (κ2) is 3.05. The Hall–Kier alpha value is -1.00. The van der Waals surface area contributed by atoms with Crippen molar-refractivity contribution in [2.75, 3.05) is 5.73 Å². The van der Waals surface area contributed by atoms with Crippen molar-refractivity contribution in [1.29, 1.82) is 0 Å². The molecule has 1 aromatic carbocycles. The van der Waals surface area contributed by atoms with Crippen molar-refractivity contribution in [3.05, 3.63) is 23.1 Å². The van der Waals surface area contributed by atoms with Gasteiger partial charge in [-0.15, -0.1) is 24.0 Å². The van der Waals surface area contributed by atoms with E-state index in [-0.39, 0.29) is 0 Å². The van der Waals surface area contributed by atoms with Gasteiger partial charge in [0.25, 0.3) is 0 Å². The Labute approximate surface area is 84.8 Å². The standard InChI is InChI=1S/C9H7NOS2/c10-7-2-5-1-6(4-11)13-9(5)3-8(7)12/h1-4,12H,10H2. The van der Waals surface area contributed by atoms with Crippen molar-refractivity contribution in [2.24, 2.45) is 0 Å². The molecule has 66 valence electrons. The number of hydrogen-bond acceptors (Lipinski definition) is 4. The fourth-order valence-corrected chi connectivity index (χ4v) is 2.35. The van der Waals surface area contributed by atoms with Crippen LogP contribution in [0.15, 0.2) is 23.1 Å². The van der Waals surface area contributed by atoms with E-state index in [2.05, 4.69) is 12.6 Å². The van der Waals surface area contributed by atoms with Gasteiger partial charge < -0.3 is 5.73 Å². The summed E-state index contributed by atoms with van der Waals surface area (Å²) < 4.78 is 1.04. The molecule has 2 N–H and O–H groups in total. The molecule has 0 fully saturated rings. The van der Waals surface area contributed by atoms with Crippen LogP contribution in [-0.4, -0.2) is 6.29 Å². The third-order valence-corrected chi connectivity index (χ3v) is 3.21. The van der Waals surface area contributed by atoms with Crippen LogP contribution in [-0.2, 0) is 0 Å². The maximum atomic E-state index is 10.5. The average Bonchev–Trinajstić information content (AvgIpc) is 2.48. The normalized spacial score (nSPS) is 10.5. The lowest BCUT2D eigenvalue weighted by Crippen LogP contribution is -1.84. The summed E-state index contributed by atoms with van der Waals surface area (Å²) in [6.07, 6.45) is 0.846. The van der Waals surface area contributed by atoms with Gasteiger partial charge in [-0.2, -0.15) is 0 Å². The summed E-state index contributed by atoms with van der Waals surface area (Å²) in [5, 5.41) is 1.00. The molecule has 0 aliphatic heterocycles. The molecule has 0 saturated heterocycles. The van der Waals surface area contributed by atoms with Gasteiger partial charge in [0.05, 0.1) is 4.88 Å². The number of rotatable bonds is 1. The largest absolute Gasteiger partial charge is 0.398 e. The highest BCUT2D eigenvalue weighted by Crippen LogP contribution is 2.30. The number of nitrogens with two attached hydrogens (primary N) is 1. The maximum absolute atomic E-state index is 10.5. The van der Waals surface area contributed by atoms with E-state index in [9.17, 15) is 4.79 Å². The molecule has 4 heteroatoms. The third kappa shape index (κ3) is 1.43. The van der Waals surface area contributed by atoms with E-state index in [0.717, 1.165) is 21.3 Å². The number of anilines is 1. The van der Waals surface area contributed by atoms with Crippen LogP contribution in [0.3, 0.4) is 0 Å². The molecule has 0 atom stereocenters. The van der Waals surface area contributed by atoms with Crippen LogP contribution in [0.25, 0.3) is 10.1 Å². The third-order valence-electron chi connectivity index (χ3n) is 1.80. The predicted molar refractivity (Wildman–Crippen MR) is 58.9 cm³/mol. The maximum Gasteiger partial charge on any atom is 0.160 e. The van der Waals surface area contributed by atoms with Crippen LogP contribution in [0.2, 0.25) is 0 Å². The molecule has 0 unspecified atom stereocenters. The second-order valence-corrected chi connectivity index (χ2v) is 4.31. The second-order valence-electron chi connectivity index (χ2n) is 2.72. The molecular formula is C9H7NOS2. The van der Waals surface area contributed by atoms with Crippen LogP contribution in [0.5, 0.6) is 0 Å². The van der Waals surface area contributed by atoms with Gasteiger partial charge in [0.2, 0.25) is 0 Å². The van der Waals surface area contributed by atoms with E-state index >= 15 is 0 Å². The van der Waals surface area contributed by atoms with Gasteiger partial charge in [-0.05, 0) is 23.6 Å². The molecule has 13 heavy (non-hydrogen) atoms. The van der Waals surface area contributed by atoms with Gasteiger partial charge in [0.1, 0.15) is 0 Å². The van der Waals surface area contributed by atoms with Crippen molar-refractivity contribution < 1.29 is 4.79 Å².